The molecule has 0 aliphatic carbocycles. The largest absolute Gasteiger partial charge is 0.495 e. The van der Waals surface area contributed by atoms with Crippen LogP contribution in [-0.4, -0.2) is 26.2 Å². The number of methoxy groups -OCH3 is 1. The van der Waals surface area contributed by atoms with E-state index < -0.39 is 0 Å². The van der Waals surface area contributed by atoms with Gasteiger partial charge in [-0.3, -0.25) is 4.79 Å². The maximum atomic E-state index is 12.3. The number of halogens is 1. The van der Waals surface area contributed by atoms with Gasteiger partial charge < -0.3 is 19.5 Å². The summed E-state index contributed by atoms with van der Waals surface area (Å²) in [6.07, 6.45) is 3.92. The van der Waals surface area contributed by atoms with Gasteiger partial charge >= 0.3 is 0 Å². The minimum atomic E-state index is -0.267. The summed E-state index contributed by atoms with van der Waals surface area (Å²) in [5.41, 5.74) is 2.41. The number of anilines is 1. The quantitative estimate of drug-likeness (QED) is 0.803. The molecule has 0 fully saturated rings. The van der Waals surface area contributed by atoms with E-state index in [-0.39, 0.29) is 5.91 Å². The van der Waals surface area contributed by atoms with E-state index in [1.54, 1.807) is 19.3 Å². The van der Waals surface area contributed by atoms with Gasteiger partial charge in [-0.05, 0) is 48.4 Å². The molecule has 1 N–H and O–H groups in total. The molecule has 1 aliphatic heterocycles. The summed E-state index contributed by atoms with van der Waals surface area (Å²) in [7, 11) is 1.57. The summed E-state index contributed by atoms with van der Waals surface area (Å²) in [6, 6.07) is 9.15. The third kappa shape index (κ3) is 4.29. The van der Waals surface area contributed by atoms with Gasteiger partial charge in [0.1, 0.15) is 5.75 Å². The van der Waals surface area contributed by atoms with Crippen LogP contribution in [0.15, 0.2) is 36.4 Å². The molecule has 0 aromatic heterocycles. The van der Waals surface area contributed by atoms with Gasteiger partial charge in [0.25, 0.3) is 0 Å². The summed E-state index contributed by atoms with van der Waals surface area (Å²) in [5, 5.41) is 3.28. The van der Waals surface area contributed by atoms with E-state index in [9.17, 15) is 4.79 Å². The van der Waals surface area contributed by atoms with E-state index in [1.807, 2.05) is 31.2 Å². The Morgan fingerprint density at radius 3 is 2.85 bits per heavy atom. The highest BCUT2D eigenvalue weighted by atomic mass is 35.5. The lowest BCUT2D eigenvalue weighted by molar-refractivity contribution is -0.111. The first-order chi connectivity index (χ1) is 12.6. The Labute approximate surface area is 157 Å². The van der Waals surface area contributed by atoms with E-state index >= 15 is 0 Å². The molecule has 0 unspecified atom stereocenters. The Balaban J connectivity index is 1.76. The van der Waals surface area contributed by atoms with Crippen LogP contribution < -0.4 is 19.5 Å². The number of nitrogens with one attached hydrogen (secondary N) is 1. The number of carbonyl (C=O) groups is 1. The van der Waals surface area contributed by atoms with Gasteiger partial charge in [0, 0.05) is 12.5 Å². The van der Waals surface area contributed by atoms with Crippen molar-refractivity contribution >= 4 is 29.3 Å². The number of benzene rings is 2. The first-order valence-corrected chi connectivity index (χ1v) is 8.67. The maximum Gasteiger partial charge on any atom is 0.248 e. The first-order valence-electron chi connectivity index (χ1n) is 8.29. The SMILES string of the molecule is COc1ccc(C)cc1NC(=O)C=Cc1cc(Cl)c2c(c1)OCCCO2. The van der Waals surface area contributed by atoms with Gasteiger partial charge in [-0.2, -0.15) is 0 Å². The third-order valence-corrected chi connectivity index (χ3v) is 4.15. The fourth-order valence-corrected chi connectivity index (χ4v) is 2.89. The molecular formula is C20H20ClNO4. The van der Waals surface area contributed by atoms with Crippen LogP contribution in [0.3, 0.4) is 0 Å². The monoisotopic (exact) mass is 373 g/mol. The Kier molecular flexibility index (Phi) is 5.68. The van der Waals surface area contributed by atoms with Crippen molar-refractivity contribution in [3.05, 3.63) is 52.6 Å². The van der Waals surface area contributed by atoms with Gasteiger partial charge in [-0.25, -0.2) is 0 Å². The lowest BCUT2D eigenvalue weighted by Gasteiger charge is -2.10. The summed E-state index contributed by atoms with van der Waals surface area (Å²) in [5.74, 6) is 1.48. The van der Waals surface area contributed by atoms with Crippen LogP contribution in [0.5, 0.6) is 17.2 Å². The molecule has 0 bridgehead atoms. The molecule has 1 heterocycles. The predicted octanol–water partition coefficient (Wildman–Crippen LogP) is 4.47. The molecule has 6 heteroatoms. The van der Waals surface area contributed by atoms with E-state index in [1.165, 1.54) is 6.08 Å². The number of fused-ring (bicyclic) bond motifs is 1. The highest BCUT2D eigenvalue weighted by Crippen LogP contribution is 2.38. The van der Waals surface area contributed by atoms with Gasteiger partial charge in [0.15, 0.2) is 11.5 Å². The van der Waals surface area contributed by atoms with Crippen LogP contribution in [0.1, 0.15) is 17.5 Å². The van der Waals surface area contributed by atoms with Gasteiger partial charge in [0.2, 0.25) is 5.91 Å². The molecule has 0 atom stereocenters. The number of hydrogen-bond acceptors (Lipinski definition) is 4. The molecule has 1 amide bonds. The number of rotatable bonds is 4. The molecule has 26 heavy (non-hydrogen) atoms. The van der Waals surface area contributed by atoms with Crippen molar-refractivity contribution in [3.8, 4) is 17.2 Å². The zero-order valence-electron chi connectivity index (χ0n) is 14.7. The molecule has 0 radical (unpaired) electrons. The molecule has 5 nitrogen and oxygen atoms in total. The fourth-order valence-electron chi connectivity index (χ4n) is 2.61. The highest BCUT2D eigenvalue weighted by Gasteiger charge is 2.15. The molecule has 0 spiro atoms. The number of amides is 1. The second-order valence-corrected chi connectivity index (χ2v) is 6.31. The maximum absolute atomic E-state index is 12.3. The van der Waals surface area contributed by atoms with Crippen molar-refractivity contribution in [1.29, 1.82) is 0 Å². The Morgan fingerprint density at radius 2 is 2.04 bits per heavy atom. The summed E-state index contributed by atoms with van der Waals surface area (Å²) in [4.78, 5) is 12.3. The van der Waals surface area contributed by atoms with Crippen LogP contribution in [-0.2, 0) is 4.79 Å². The van der Waals surface area contributed by atoms with Crippen molar-refractivity contribution in [2.45, 2.75) is 13.3 Å². The molecule has 2 aromatic carbocycles. The number of aryl methyl sites for hydroxylation is 1. The second kappa shape index (κ2) is 8.15. The van der Waals surface area contributed by atoms with Gasteiger partial charge in [-0.15, -0.1) is 0 Å². The van der Waals surface area contributed by atoms with Crippen LogP contribution in [0.2, 0.25) is 5.02 Å². The fraction of sp³-hybridized carbons (Fsp3) is 0.250. The van der Waals surface area contributed by atoms with Crippen LogP contribution in [0.25, 0.3) is 6.08 Å². The van der Waals surface area contributed by atoms with E-state index in [4.69, 9.17) is 25.8 Å². The van der Waals surface area contributed by atoms with Crippen molar-refractivity contribution in [1.82, 2.24) is 0 Å². The zero-order valence-corrected chi connectivity index (χ0v) is 15.4. The van der Waals surface area contributed by atoms with Crippen molar-refractivity contribution in [2.75, 3.05) is 25.6 Å². The van der Waals surface area contributed by atoms with Gasteiger partial charge in [0.05, 0.1) is 31.0 Å². The smallest absolute Gasteiger partial charge is 0.248 e. The molecule has 0 saturated heterocycles. The standard InChI is InChI=1S/C20H20ClNO4/c1-13-4-6-17(24-2)16(10-13)22-19(23)7-5-14-11-15(21)20-18(12-14)25-8-3-9-26-20/h4-7,10-12H,3,8-9H2,1-2H3,(H,22,23). The van der Waals surface area contributed by atoms with E-state index in [0.717, 1.165) is 17.5 Å². The summed E-state index contributed by atoms with van der Waals surface area (Å²) < 4.78 is 16.5. The number of carbonyl (C=O) groups excluding carboxylic acids is 1. The summed E-state index contributed by atoms with van der Waals surface area (Å²) >= 11 is 6.27. The van der Waals surface area contributed by atoms with E-state index in [2.05, 4.69) is 5.32 Å². The Hall–Kier alpha value is -2.66. The van der Waals surface area contributed by atoms with Gasteiger partial charge in [-0.1, -0.05) is 17.7 Å². The van der Waals surface area contributed by atoms with Crippen molar-refractivity contribution in [3.63, 3.8) is 0 Å². The average Bonchev–Trinajstić information content (AvgIpc) is 2.86. The normalized spacial score (nSPS) is 13.3. The van der Waals surface area contributed by atoms with Crippen LogP contribution in [0.4, 0.5) is 5.69 Å². The lowest BCUT2D eigenvalue weighted by Crippen LogP contribution is -2.09. The zero-order chi connectivity index (χ0) is 18.5. The lowest BCUT2D eigenvalue weighted by atomic mass is 10.1. The highest BCUT2D eigenvalue weighted by molar-refractivity contribution is 6.32. The van der Waals surface area contributed by atoms with Crippen LogP contribution >= 0.6 is 11.6 Å². The molecular weight excluding hydrogens is 354 g/mol. The minimum Gasteiger partial charge on any atom is -0.495 e. The average molecular weight is 374 g/mol. The number of hydrogen-bond donors (Lipinski definition) is 1. The molecule has 3 rings (SSSR count). The molecule has 0 saturated carbocycles. The topological polar surface area (TPSA) is 56.8 Å². The van der Waals surface area contributed by atoms with Crippen molar-refractivity contribution in [2.24, 2.45) is 0 Å². The van der Waals surface area contributed by atoms with E-state index in [0.29, 0.717) is 41.2 Å². The Morgan fingerprint density at radius 1 is 1.23 bits per heavy atom. The van der Waals surface area contributed by atoms with Crippen LogP contribution in [0, 0.1) is 6.92 Å². The van der Waals surface area contributed by atoms with Crippen molar-refractivity contribution < 1.29 is 19.0 Å². The predicted molar refractivity (Wildman–Crippen MR) is 102 cm³/mol. The Bertz CT molecular complexity index is 848. The second-order valence-electron chi connectivity index (χ2n) is 5.91. The molecule has 2 aromatic rings. The molecule has 136 valence electrons. The summed E-state index contributed by atoms with van der Waals surface area (Å²) in [6.45, 7) is 3.09. The minimum absolute atomic E-state index is 0.267. The molecule has 1 aliphatic rings. The first kappa shape index (κ1) is 18.1. The number of ether oxygens (including phenoxy) is 3. The third-order valence-electron chi connectivity index (χ3n) is 3.86.